The van der Waals surface area contributed by atoms with Crippen LogP contribution in [0.1, 0.15) is 10.4 Å². The smallest absolute Gasteiger partial charge is 0.251 e. The highest BCUT2D eigenvalue weighted by Gasteiger charge is 2.13. The zero-order valence-electron chi connectivity index (χ0n) is 14.7. The molecule has 0 atom stereocenters. The van der Waals surface area contributed by atoms with Gasteiger partial charge >= 0.3 is 0 Å². The molecule has 0 aliphatic carbocycles. The number of likely N-dealkylation sites (N-methyl/N-ethyl adjacent to an activating group) is 1. The molecule has 26 heavy (non-hydrogen) atoms. The second-order valence-electron chi connectivity index (χ2n) is 5.68. The number of nitrogens with zero attached hydrogens (tertiary/aromatic N) is 1. The molecule has 0 radical (unpaired) electrons. The van der Waals surface area contributed by atoms with Crippen molar-refractivity contribution in [2.45, 2.75) is 4.90 Å². The molecule has 0 aliphatic rings. The van der Waals surface area contributed by atoms with Gasteiger partial charge in [0.25, 0.3) is 5.91 Å². The summed E-state index contributed by atoms with van der Waals surface area (Å²) in [6.07, 6.45) is 1.46. The molecular formula is C19H23N3O3S. The Hall–Kier alpha value is -2.64. The molecule has 0 fully saturated rings. The Morgan fingerprint density at radius 3 is 2.38 bits per heavy atom. The minimum Gasteiger partial charge on any atom is -0.373 e. The van der Waals surface area contributed by atoms with Gasteiger partial charge in [0.15, 0.2) is 0 Å². The molecule has 7 heteroatoms. The van der Waals surface area contributed by atoms with Crippen molar-refractivity contribution in [3.8, 4) is 0 Å². The predicted octanol–water partition coefficient (Wildman–Crippen LogP) is 2.02. The lowest BCUT2D eigenvalue weighted by Crippen LogP contribution is -2.33. The van der Waals surface area contributed by atoms with Gasteiger partial charge in [-0.05, 0) is 36.4 Å². The van der Waals surface area contributed by atoms with Crippen molar-refractivity contribution < 1.29 is 13.2 Å². The first-order valence-electron chi connectivity index (χ1n) is 8.19. The Labute approximate surface area is 154 Å². The molecule has 0 saturated carbocycles. The summed E-state index contributed by atoms with van der Waals surface area (Å²) < 4.78 is 26.4. The van der Waals surface area contributed by atoms with Crippen LogP contribution in [0.2, 0.25) is 0 Å². The predicted molar refractivity (Wildman–Crippen MR) is 104 cm³/mol. The second kappa shape index (κ2) is 9.17. The number of anilines is 1. The van der Waals surface area contributed by atoms with Crippen LogP contribution in [0.4, 0.5) is 5.69 Å². The fourth-order valence-corrected chi connectivity index (χ4v) is 3.29. The van der Waals surface area contributed by atoms with Gasteiger partial charge in [0, 0.05) is 37.9 Å². The van der Waals surface area contributed by atoms with Gasteiger partial charge in [-0.3, -0.25) is 4.79 Å². The van der Waals surface area contributed by atoms with Crippen LogP contribution in [0.5, 0.6) is 0 Å². The number of carbonyl (C=O) groups is 1. The van der Waals surface area contributed by atoms with Crippen molar-refractivity contribution in [3.63, 3.8) is 0 Å². The van der Waals surface area contributed by atoms with E-state index >= 15 is 0 Å². The van der Waals surface area contributed by atoms with E-state index in [2.05, 4.69) is 16.6 Å². The number of rotatable bonds is 9. The molecule has 6 nitrogen and oxygen atoms in total. The summed E-state index contributed by atoms with van der Waals surface area (Å²) >= 11 is 0. The Balaban J connectivity index is 1.89. The summed E-state index contributed by atoms with van der Waals surface area (Å²) in [5, 5.41) is 2.83. The third-order valence-corrected chi connectivity index (χ3v) is 5.21. The average molecular weight is 373 g/mol. The molecule has 0 unspecified atom stereocenters. The number of benzene rings is 2. The molecule has 138 valence electrons. The van der Waals surface area contributed by atoms with E-state index in [4.69, 9.17) is 0 Å². The van der Waals surface area contributed by atoms with E-state index in [1.165, 1.54) is 30.3 Å². The van der Waals surface area contributed by atoms with Crippen LogP contribution < -0.4 is 14.9 Å². The lowest BCUT2D eigenvalue weighted by molar-refractivity contribution is 0.0954. The lowest BCUT2D eigenvalue weighted by atomic mass is 10.2. The molecule has 1 amide bonds. The molecule has 0 heterocycles. The monoisotopic (exact) mass is 373 g/mol. The van der Waals surface area contributed by atoms with E-state index in [9.17, 15) is 13.2 Å². The highest BCUT2D eigenvalue weighted by molar-refractivity contribution is 7.89. The standard InChI is InChI=1S/C19H23N3O3S/c1-3-13-21-26(24,25)18-11-9-16(10-12-18)19(23)20-14-15-22(2)17-7-5-4-6-8-17/h3-12,21H,1,13-15H2,2H3,(H,20,23). The third-order valence-electron chi connectivity index (χ3n) is 3.77. The van der Waals surface area contributed by atoms with Gasteiger partial charge in [0.1, 0.15) is 0 Å². The first kappa shape index (κ1) is 19.7. The van der Waals surface area contributed by atoms with Gasteiger partial charge in [-0.1, -0.05) is 24.3 Å². The molecule has 2 N–H and O–H groups in total. The maximum Gasteiger partial charge on any atom is 0.251 e. The number of para-hydroxylation sites is 1. The van der Waals surface area contributed by atoms with Gasteiger partial charge in [0.05, 0.1) is 4.90 Å². The first-order valence-corrected chi connectivity index (χ1v) is 9.67. The number of nitrogens with one attached hydrogen (secondary N) is 2. The van der Waals surface area contributed by atoms with Crippen molar-refractivity contribution >= 4 is 21.6 Å². The molecule has 0 spiro atoms. The zero-order valence-corrected chi connectivity index (χ0v) is 15.5. The minimum atomic E-state index is -3.58. The van der Waals surface area contributed by atoms with E-state index in [0.717, 1.165) is 5.69 Å². The van der Waals surface area contributed by atoms with Gasteiger partial charge < -0.3 is 10.2 Å². The average Bonchev–Trinajstić information content (AvgIpc) is 2.67. The van der Waals surface area contributed by atoms with Gasteiger partial charge in [-0.2, -0.15) is 0 Å². The maximum atomic E-state index is 12.2. The molecule has 0 aliphatic heterocycles. The van der Waals surface area contributed by atoms with Gasteiger partial charge in [-0.25, -0.2) is 13.1 Å². The third kappa shape index (κ3) is 5.44. The number of sulfonamides is 1. The summed E-state index contributed by atoms with van der Waals surface area (Å²) in [6.45, 7) is 4.76. The normalized spacial score (nSPS) is 11.0. The van der Waals surface area contributed by atoms with Crippen molar-refractivity contribution in [1.29, 1.82) is 0 Å². The van der Waals surface area contributed by atoms with Crippen LogP contribution >= 0.6 is 0 Å². The van der Waals surface area contributed by atoms with E-state index < -0.39 is 10.0 Å². The topological polar surface area (TPSA) is 78.5 Å². The largest absolute Gasteiger partial charge is 0.373 e. The molecular weight excluding hydrogens is 350 g/mol. The lowest BCUT2D eigenvalue weighted by Gasteiger charge is -2.19. The number of hydrogen-bond donors (Lipinski definition) is 2. The van der Waals surface area contributed by atoms with Gasteiger partial charge in [-0.15, -0.1) is 6.58 Å². The summed E-state index contributed by atoms with van der Waals surface area (Å²) in [4.78, 5) is 14.3. The van der Waals surface area contributed by atoms with E-state index in [1.54, 1.807) is 0 Å². The van der Waals surface area contributed by atoms with E-state index in [0.29, 0.717) is 18.7 Å². The Morgan fingerprint density at radius 1 is 1.12 bits per heavy atom. The van der Waals surface area contributed by atoms with Crippen molar-refractivity contribution in [2.75, 3.05) is 31.6 Å². The SMILES string of the molecule is C=CCNS(=O)(=O)c1ccc(C(=O)NCCN(C)c2ccccc2)cc1. The van der Waals surface area contributed by atoms with Crippen LogP contribution in [0.25, 0.3) is 0 Å². The molecule has 0 aromatic heterocycles. The molecule has 0 saturated heterocycles. The first-order chi connectivity index (χ1) is 12.4. The van der Waals surface area contributed by atoms with Crippen LogP contribution in [0.3, 0.4) is 0 Å². The number of amides is 1. The van der Waals surface area contributed by atoms with Crippen LogP contribution in [0.15, 0.2) is 72.1 Å². The quantitative estimate of drug-likeness (QED) is 0.659. The van der Waals surface area contributed by atoms with Crippen LogP contribution in [-0.2, 0) is 10.0 Å². The van der Waals surface area contributed by atoms with Crippen molar-refractivity contribution in [3.05, 3.63) is 72.8 Å². The Morgan fingerprint density at radius 2 is 1.77 bits per heavy atom. The summed E-state index contributed by atoms with van der Waals surface area (Å²) in [6, 6.07) is 15.7. The molecule has 2 rings (SSSR count). The molecule has 0 bridgehead atoms. The second-order valence-corrected chi connectivity index (χ2v) is 7.44. The van der Waals surface area contributed by atoms with Gasteiger partial charge in [0.2, 0.25) is 10.0 Å². The summed E-state index contributed by atoms with van der Waals surface area (Å²) in [7, 11) is -1.63. The van der Waals surface area contributed by atoms with E-state index in [1.807, 2.05) is 42.3 Å². The molecule has 2 aromatic rings. The maximum absolute atomic E-state index is 12.2. The van der Waals surface area contributed by atoms with Crippen molar-refractivity contribution in [1.82, 2.24) is 10.0 Å². The summed E-state index contributed by atoms with van der Waals surface area (Å²) in [5.74, 6) is -0.241. The van der Waals surface area contributed by atoms with Crippen molar-refractivity contribution in [2.24, 2.45) is 0 Å². The highest BCUT2D eigenvalue weighted by Crippen LogP contribution is 2.11. The van der Waals surface area contributed by atoms with Crippen LogP contribution in [0, 0.1) is 0 Å². The fourth-order valence-electron chi connectivity index (χ4n) is 2.29. The summed E-state index contributed by atoms with van der Waals surface area (Å²) in [5.41, 5.74) is 1.48. The number of carbonyl (C=O) groups excluding carboxylic acids is 1. The zero-order chi connectivity index (χ0) is 19.0. The number of hydrogen-bond acceptors (Lipinski definition) is 4. The minimum absolute atomic E-state index is 0.111. The Bertz CT molecular complexity index is 834. The Kier molecular flexibility index (Phi) is 6.94. The fraction of sp³-hybridized carbons (Fsp3) is 0.211. The highest BCUT2D eigenvalue weighted by atomic mass is 32.2. The molecule has 2 aromatic carbocycles. The van der Waals surface area contributed by atoms with Crippen LogP contribution in [-0.4, -0.2) is 41.0 Å². The van der Waals surface area contributed by atoms with E-state index in [-0.39, 0.29) is 17.3 Å².